The molecule has 19 N–H and O–H groups in total. The number of imidazole rings is 1. The van der Waals surface area contributed by atoms with Gasteiger partial charge in [-0.05, 0) is 85.3 Å². The van der Waals surface area contributed by atoms with E-state index < -0.39 is 143 Å². The van der Waals surface area contributed by atoms with Crippen molar-refractivity contribution in [1.82, 2.24) is 57.5 Å². The molecule has 2 heterocycles. The summed E-state index contributed by atoms with van der Waals surface area (Å²) in [7, 11) is 0. The Bertz CT molecular complexity index is 3700. The van der Waals surface area contributed by atoms with Gasteiger partial charge >= 0.3 is 0 Å². The molecule has 0 saturated carbocycles. The number of hydrogen-bond acceptors (Lipinski definition) is 19. The first-order chi connectivity index (χ1) is 50.4. The Labute approximate surface area is 619 Å². The van der Waals surface area contributed by atoms with Gasteiger partial charge in [-0.15, -0.1) is 0 Å². The van der Waals surface area contributed by atoms with Crippen LogP contribution in [0.3, 0.4) is 0 Å². The molecule has 0 fully saturated rings. The minimum Gasteiger partial charge on any atom is -0.391 e. The number of aliphatic hydroxyl groups excluding tert-OH is 1. The first kappa shape index (κ1) is 87.0. The molecule has 8 amide bonds. The number of fused-ring (bicyclic) bond motifs is 1. The summed E-state index contributed by atoms with van der Waals surface area (Å²) >= 11 is 0. The Balaban J connectivity index is 1.28. The van der Waals surface area contributed by atoms with Crippen LogP contribution in [0.5, 0.6) is 0 Å². The normalized spacial score (nSPS) is 14.1. The Morgan fingerprint density at radius 2 is 1.15 bits per heavy atom. The van der Waals surface area contributed by atoms with Crippen molar-refractivity contribution >= 4 is 87.1 Å². The predicted octanol–water partition coefficient (Wildman–Crippen LogP) is 1.80. The van der Waals surface area contributed by atoms with Crippen LogP contribution in [-0.4, -0.2) is 179 Å². The fourth-order valence-electron chi connectivity index (χ4n) is 12.5. The quantitative estimate of drug-likeness (QED) is 0.0247. The SMILES string of the molecule is CC(C)CC(NC(=O)[C@H](CC(=O)CNC(=O)[C@H](CC(=O)[C@@H](C)NC(=O)[C@H](CC(=O)[C@@H](CCC(N)=O)NC(=O)[C@@H](Cc1ccccc1)NC(=O)c1ccc(CC(=O)CNC(=O)C(CNCCN)CNCCN)cc1)Cc1c[nH]c2ccccc12)C(C)C)Cc1cnc[nH]1)C(O)CC(=O)C[C@H](CC(C)C)C(N)=O. The molecule has 2 unspecified atom stereocenters. The van der Waals surface area contributed by atoms with Gasteiger partial charge < -0.3 is 80.5 Å². The Hall–Kier alpha value is -9.68. The second kappa shape index (κ2) is 45.0. The highest BCUT2D eigenvalue weighted by Gasteiger charge is 2.36. The van der Waals surface area contributed by atoms with Crippen LogP contribution in [0.2, 0.25) is 0 Å². The average Bonchev–Trinajstić information content (AvgIpc) is 1.66. The lowest BCUT2D eigenvalue weighted by molar-refractivity contribution is -0.135. The molecule has 0 bridgehead atoms. The number of carbonyl (C=O) groups excluding carboxylic acids is 13. The van der Waals surface area contributed by atoms with Crippen molar-refractivity contribution in [3.05, 3.63) is 126 Å². The number of aromatic amines is 2. The van der Waals surface area contributed by atoms with E-state index in [2.05, 4.69) is 57.5 Å². The molecule has 29 heteroatoms. The van der Waals surface area contributed by atoms with Crippen molar-refractivity contribution in [3.8, 4) is 0 Å². The molecule has 3 aromatic carbocycles. The second-order valence-corrected chi connectivity index (χ2v) is 28.7. The average molecular weight is 1470 g/mol. The fourth-order valence-corrected chi connectivity index (χ4v) is 12.5. The van der Waals surface area contributed by atoms with Crippen LogP contribution in [0.1, 0.15) is 139 Å². The van der Waals surface area contributed by atoms with E-state index in [1.54, 1.807) is 68.6 Å². The van der Waals surface area contributed by atoms with Crippen molar-refractivity contribution in [1.29, 1.82) is 0 Å². The third-order valence-electron chi connectivity index (χ3n) is 18.4. The number of rotatable bonds is 52. The van der Waals surface area contributed by atoms with E-state index in [0.717, 1.165) is 10.9 Å². The van der Waals surface area contributed by atoms with Gasteiger partial charge in [-0.2, -0.15) is 0 Å². The molecule has 0 aliphatic carbocycles. The van der Waals surface area contributed by atoms with Crippen LogP contribution < -0.4 is 65.5 Å². The number of aromatic nitrogens is 3. The molecule has 5 aromatic rings. The number of primary amides is 2. The number of nitrogens with zero attached hydrogens (tertiary/aromatic N) is 1. The van der Waals surface area contributed by atoms with E-state index in [0.29, 0.717) is 68.1 Å². The zero-order valence-corrected chi connectivity index (χ0v) is 62.1. The smallest absolute Gasteiger partial charge is 0.251 e. The molecule has 578 valence electrons. The number of nitrogens with one attached hydrogen (secondary N) is 10. The highest BCUT2D eigenvalue weighted by molar-refractivity contribution is 6.00. The molecule has 2 aromatic heterocycles. The maximum Gasteiger partial charge on any atom is 0.251 e. The first-order valence-corrected chi connectivity index (χ1v) is 36.5. The van der Waals surface area contributed by atoms with Crippen LogP contribution in [0.25, 0.3) is 10.9 Å². The van der Waals surface area contributed by atoms with Gasteiger partial charge in [0.25, 0.3) is 5.91 Å². The largest absolute Gasteiger partial charge is 0.391 e. The number of amides is 8. The summed E-state index contributed by atoms with van der Waals surface area (Å²) in [6.45, 7) is 14.1. The van der Waals surface area contributed by atoms with Crippen molar-refractivity contribution in [2.24, 2.45) is 70.3 Å². The first-order valence-electron chi connectivity index (χ1n) is 36.5. The summed E-state index contributed by atoms with van der Waals surface area (Å²) in [5, 5.41) is 34.8. The Morgan fingerprint density at radius 3 is 1.76 bits per heavy atom. The van der Waals surface area contributed by atoms with Gasteiger partial charge in [-0.25, -0.2) is 4.98 Å². The van der Waals surface area contributed by atoms with Gasteiger partial charge in [0, 0.05) is 149 Å². The maximum absolute atomic E-state index is 14.8. The monoisotopic (exact) mass is 1470 g/mol. The molecule has 106 heavy (non-hydrogen) atoms. The molecule has 0 aliphatic heterocycles. The molecule has 29 nitrogen and oxygen atoms in total. The van der Waals surface area contributed by atoms with Gasteiger partial charge in [-0.3, -0.25) is 62.3 Å². The second-order valence-electron chi connectivity index (χ2n) is 28.7. The number of carbonyl (C=O) groups is 13. The maximum atomic E-state index is 14.8. The molecule has 5 rings (SSSR count). The lowest BCUT2D eigenvalue weighted by atomic mass is 9.87. The van der Waals surface area contributed by atoms with Crippen LogP contribution >= 0.6 is 0 Å². The van der Waals surface area contributed by atoms with Crippen LogP contribution in [0.15, 0.2) is 97.6 Å². The third-order valence-corrected chi connectivity index (χ3v) is 18.4. The van der Waals surface area contributed by atoms with Gasteiger partial charge in [0.05, 0.1) is 55.5 Å². The predicted molar refractivity (Wildman–Crippen MR) is 400 cm³/mol. The molecule has 0 saturated heterocycles. The van der Waals surface area contributed by atoms with Crippen molar-refractivity contribution < 1.29 is 67.4 Å². The summed E-state index contributed by atoms with van der Waals surface area (Å²) < 4.78 is 0. The lowest BCUT2D eigenvalue weighted by Gasteiger charge is -2.28. The highest BCUT2D eigenvalue weighted by atomic mass is 16.3. The summed E-state index contributed by atoms with van der Waals surface area (Å²) in [5.41, 5.74) is 25.6. The summed E-state index contributed by atoms with van der Waals surface area (Å²) in [4.78, 5) is 188. The summed E-state index contributed by atoms with van der Waals surface area (Å²) in [6.07, 6.45) is 1.34. The van der Waals surface area contributed by atoms with E-state index >= 15 is 0 Å². The van der Waals surface area contributed by atoms with Crippen LogP contribution in [0.4, 0.5) is 0 Å². The summed E-state index contributed by atoms with van der Waals surface area (Å²) in [5.74, 6) is -12.5. The number of H-pyrrole nitrogens is 2. The number of aliphatic hydroxyl groups is 1. The Morgan fingerprint density at radius 1 is 0.538 bits per heavy atom. The van der Waals surface area contributed by atoms with Crippen molar-refractivity contribution in [3.63, 3.8) is 0 Å². The minimum atomic E-state index is -1.42. The highest BCUT2D eigenvalue weighted by Crippen LogP contribution is 2.26. The standard InChI is InChI=1S/C77H111N15O14/c1-45(2)27-52(71(81)100)33-58(93)36-69(98)65(28-46(3)4)91-75(104)54(32-57-41-84-44-88-57)34-60(95)43-87-76(105)62(47(5)6)37-67(96)48(7)89-74(103)53(31-55-40-85-63-16-12-11-15-61(55)63)35-68(97)64(21-22-70(80)99)90-77(106)66(30-49-13-9-8-10-14-49)92-73(102)51-19-17-50(18-20-51)29-59(94)42-86-72(101)56(38-82-25-23-78)39-83-26-24-79/h8-20,40-41,44-48,52-54,56,62,64-66,69,82-83,85,98H,21-39,42-43,78-79H2,1-7H3,(H2,80,99)(H2,81,100)(H,84,88)(H,86,101)(H,87,105)(H,89,103)(H,90,106)(H,91,104)(H,92,102)/t48-,52+,53+,54+,62-,64-,65?,66-,69?/m1/s1. The van der Waals surface area contributed by atoms with Crippen molar-refractivity contribution in [2.75, 3.05) is 52.4 Å². The fraction of sp³-hybridized carbons (Fsp3) is 0.532. The minimum absolute atomic E-state index is 0.0161. The number of Topliss-reactive ketones (excluding diaryl/α,β-unsaturated/α-hetero) is 5. The lowest BCUT2D eigenvalue weighted by Crippen LogP contribution is -2.53. The van der Waals surface area contributed by atoms with E-state index in [1.165, 1.54) is 31.6 Å². The van der Waals surface area contributed by atoms with Gasteiger partial charge in [0.2, 0.25) is 41.4 Å². The molecule has 0 spiro atoms. The number of hydrogen-bond donors (Lipinski definition) is 15. The summed E-state index contributed by atoms with van der Waals surface area (Å²) in [6, 6.07) is 17.3. The van der Waals surface area contributed by atoms with E-state index in [4.69, 9.17) is 22.9 Å². The van der Waals surface area contributed by atoms with Crippen molar-refractivity contribution in [2.45, 2.75) is 162 Å². The number of benzene rings is 3. The zero-order valence-electron chi connectivity index (χ0n) is 62.1. The van der Waals surface area contributed by atoms with Gasteiger partial charge in [0.15, 0.2) is 23.1 Å². The molecular weight excluding hydrogens is 1360 g/mol. The third kappa shape index (κ3) is 30.4. The number of ketones is 5. The Kier molecular flexibility index (Phi) is 36.9. The van der Waals surface area contributed by atoms with E-state index in [1.807, 2.05) is 45.9 Å². The topological polar surface area (TPSA) is 487 Å². The van der Waals surface area contributed by atoms with E-state index in [-0.39, 0.29) is 106 Å². The van der Waals surface area contributed by atoms with Crippen LogP contribution in [0, 0.1) is 47.3 Å². The van der Waals surface area contributed by atoms with Gasteiger partial charge in [-0.1, -0.05) is 102 Å². The van der Waals surface area contributed by atoms with Gasteiger partial charge in [0.1, 0.15) is 11.8 Å². The zero-order chi connectivity index (χ0) is 78.0. The molecule has 0 aliphatic rings. The molecule has 9 atom stereocenters. The molecule has 0 radical (unpaired) electrons. The number of nitrogens with two attached hydrogens (primary N) is 4. The van der Waals surface area contributed by atoms with E-state index in [9.17, 15) is 67.4 Å². The number of para-hydroxylation sites is 1. The van der Waals surface area contributed by atoms with Crippen LogP contribution in [-0.2, 0) is 83.2 Å². The molecular formula is C77H111N15O14.